The second-order valence-corrected chi connectivity index (χ2v) is 8.53. The van der Waals surface area contributed by atoms with Crippen LogP contribution in [0.2, 0.25) is 0 Å². The Hall–Kier alpha value is -2.53. The van der Waals surface area contributed by atoms with Gasteiger partial charge in [-0.15, -0.1) is 0 Å². The van der Waals surface area contributed by atoms with Crippen molar-refractivity contribution in [2.24, 2.45) is 5.73 Å². The fourth-order valence-electron chi connectivity index (χ4n) is 2.79. The number of ether oxygens (including phenoxy) is 1. The van der Waals surface area contributed by atoms with Crippen LogP contribution in [0.25, 0.3) is 11.3 Å². The Kier molecular flexibility index (Phi) is 5.42. The maximum atomic E-state index is 14.0. The van der Waals surface area contributed by atoms with Crippen LogP contribution in [0.3, 0.4) is 0 Å². The second kappa shape index (κ2) is 7.61. The zero-order valence-electron chi connectivity index (χ0n) is 14.6. The maximum absolute atomic E-state index is 14.0. The van der Waals surface area contributed by atoms with Crippen molar-refractivity contribution < 1.29 is 22.3 Å². The van der Waals surface area contributed by atoms with Crippen LogP contribution in [0.1, 0.15) is 16.8 Å². The van der Waals surface area contributed by atoms with Crippen LogP contribution in [-0.4, -0.2) is 60.7 Å². The number of amides is 1. The lowest BCUT2D eigenvalue weighted by molar-refractivity contribution is 0.0710. The molecule has 3 N–H and O–H groups in total. The average molecular weight is 397 g/mol. The van der Waals surface area contributed by atoms with Crippen molar-refractivity contribution in [3.63, 3.8) is 0 Å². The number of aromatic nitrogens is 3. The van der Waals surface area contributed by atoms with Gasteiger partial charge >= 0.3 is 0 Å². The van der Waals surface area contributed by atoms with Gasteiger partial charge in [-0.3, -0.25) is 14.5 Å². The minimum atomic E-state index is -3.25. The highest BCUT2D eigenvalue weighted by atomic mass is 32.2. The van der Waals surface area contributed by atoms with E-state index in [-0.39, 0.29) is 23.7 Å². The minimum Gasteiger partial charge on any atom is -0.485 e. The van der Waals surface area contributed by atoms with E-state index in [0.29, 0.717) is 24.2 Å². The third-order valence-electron chi connectivity index (χ3n) is 4.06. The van der Waals surface area contributed by atoms with Crippen LogP contribution in [0.15, 0.2) is 24.7 Å². The van der Waals surface area contributed by atoms with Crippen LogP contribution < -0.4 is 15.8 Å². The molecule has 1 fully saturated rings. The predicted octanol–water partition coefficient (Wildman–Crippen LogP) is 0.125. The van der Waals surface area contributed by atoms with Gasteiger partial charge in [-0.2, -0.15) is 5.10 Å². The number of hydrogen-bond acceptors (Lipinski definition) is 7. The number of nitrogens with two attached hydrogens (primary N) is 1. The molecule has 0 aliphatic carbocycles. The van der Waals surface area contributed by atoms with Gasteiger partial charge in [-0.25, -0.2) is 12.8 Å². The number of pyridine rings is 1. The minimum absolute atomic E-state index is 0.0709. The molecule has 0 spiro atoms. The van der Waals surface area contributed by atoms with Gasteiger partial charge in [0.15, 0.2) is 15.6 Å². The van der Waals surface area contributed by atoms with E-state index < -0.39 is 28.0 Å². The number of halogens is 1. The first-order valence-electron chi connectivity index (χ1n) is 8.25. The van der Waals surface area contributed by atoms with Crippen molar-refractivity contribution in [3.8, 4) is 17.0 Å². The lowest BCUT2D eigenvalue weighted by atomic mass is 10.1. The highest BCUT2D eigenvalue weighted by Crippen LogP contribution is 2.26. The van der Waals surface area contributed by atoms with E-state index in [0.717, 1.165) is 6.26 Å². The van der Waals surface area contributed by atoms with Crippen LogP contribution in [-0.2, 0) is 15.7 Å². The molecule has 2 aromatic heterocycles. The molecular formula is C16H20FN5O4S. The molecule has 0 bridgehead atoms. The quantitative estimate of drug-likeness (QED) is 0.708. The molecular weight excluding hydrogens is 377 g/mol. The summed E-state index contributed by atoms with van der Waals surface area (Å²) in [7, 11) is -3.25. The predicted molar refractivity (Wildman–Crippen MR) is 95.6 cm³/mol. The van der Waals surface area contributed by atoms with E-state index in [1.54, 1.807) is 0 Å². The number of nitrogens with zero attached hydrogens (tertiary/aromatic N) is 3. The third-order valence-corrected chi connectivity index (χ3v) is 4.79. The van der Waals surface area contributed by atoms with Crippen molar-refractivity contribution >= 4 is 15.7 Å². The average Bonchev–Trinajstić information content (AvgIpc) is 3.03. The van der Waals surface area contributed by atoms with Gasteiger partial charge in [0, 0.05) is 24.6 Å². The monoisotopic (exact) mass is 397 g/mol. The second-order valence-electron chi connectivity index (χ2n) is 6.42. The molecule has 1 amide bonds. The number of piperidine rings is 1. The first-order chi connectivity index (χ1) is 12.7. The number of rotatable bonds is 6. The fourth-order valence-corrected chi connectivity index (χ4v) is 3.41. The Morgan fingerprint density at radius 1 is 1.48 bits per heavy atom. The number of sulfone groups is 1. The van der Waals surface area contributed by atoms with Gasteiger partial charge in [0.2, 0.25) is 0 Å². The van der Waals surface area contributed by atoms with Gasteiger partial charge in [-0.1, -0.05) is 0 Å². The van der Waals surface area contributed by atoms with Gasteiger partial charge < -0.3 is 15.8 Å². The van der Waals surface area contributed by atoms with Gasteiger partial charge in [0.25, 0.3) is 5.91 Å². The molecule has 1 saturated heterocycles. The molecule has 1 aliphatic rings. The molecule has 0 aromatic carbocycles. The van der Waals surface area contributed by atoms with E-state index in [4.69, 9.17) is 10.5 Å². The summed E-state index contributed by atoms with van der Waals surface area (Å²) in [5, 5.41) is 6.89. The summed E-state index contributed by atoms with van der Waals surface area (Å²) in [6.07, 6.45) is 3.92. The van der Waals surface area contributed by atoms with Crippen LogP contribution >= 0.6 is 0 Å². The summed E-state index contributed by atoms with van der Waals surface area (Å²) < 4.78 is 43.6. The van der Waals surface area contributed by atoms with Crippen LogP contribution in [0.4, 0.5) is 4.39 Å². The van der Waals surface area contributed by atoms with Crippen LogP contribution in [0, 0.1) is 0 Å². The smallest absolute Gasteiger partial charge is 0.252 e. The molecule has 2 atom stereocenters. The lowest BCUT2D eigenvalue weighted by Gasteiger charge is -2.27. The molecule has 11 heteroatoms. The molecule has 3 heterocycles. The SMILES string of the molecule is CS(=O)(=O)Cn1cc(-c2cc(C(N)=O)c(O[C@@H]3CCNCC3F)cn2)cn1. The molecule has 1 unspecified atom stereocenters. The Morgan fingerprint density at radius 2 is 2.26 bits per heavy atom. The summed E-state index contributed by atoms with van der Waals surface area (Å²) in [6, 6.07) is 1.42. The van der Waals surface area contributed by atoms with Gasteiger partial charge in [-0.05, 0) is 19.0 Å². The maximum Gasteiger partial charge on any atom is 0.252 e. The van der Waals surface area contributed by atoms with E-state index in [9.17, 15) is 17.6 Å². The number of hydrogen-bond donors (Lipinski definition) is 2. The Balaban J connectivity index is 1.86. The molecule has 9 nitrogen and oxygen atoms in total. The van der Waals surface area contributed by atoms with E-state index >= 15 is 0 Å². The molecule has 0 saturated carbocycles. The lowest BCUT2D eigenvalue weighted by Crippen LogP contribution is -2.44. The number of primary amides is 1. The Labute approximate surface area is 155 Å². The summed E-state index contributed by atoms with van der Waals surface area (Å²) >= 11 is 0. The van der Waals surface area contributed by atoms with E-state index in [1.165, 1.54) is 29.3 Å². The zero-order chi connectivity index (χ0) is 19.6. The standard InChI is InChI=1S/C16H20FN5O4S/c1-27(24,25)9-22-8-10(5-21-22)13-4-11(16(18)23)15(7-20-13)26-14-2-3-19-6-12(14)17/h4-5,7-8,12,14,19H,2-3,6,9H2,1H3,(H2,18,23)/t12?,14-/m1/s1. The molecule has 1 aliphatic heterocycles. The van der Waals surface area contributed by atoms with Crippen molar-refractivity contribution in [2.75, 3.05) is 19.3 Å². The van der Waals surface area contributed by atoms with Gasteiger partial charge in [0.1, 0.15) is 18.2 Å². The highest BCUT2D eigenvalue weighted by molar-refractivity contribution is 7.89. The van der Waals surface area contributed by atoms with Crippen molar-refractivity contribution in [1.82, 2.24) is 20.1 Å². The van der Waals surface area contributed by atoms with Crippen molar-refractivity contribution in [2.45, 2.75) is 24.6 Å². The Morgan fingerprint density at radius 3 is 2.93 bits per heavy atom. The first-order valence-corrected chi connectivity index (χ1v) is 10.3. The first kappa shape index (κ1) is 19.2. The molecule has 27 heavy (non-hydrogen) atoms. The topological polar surface area (TPSA) is 129 Å². The summed E-state index contributed by atoms with van der Waals surface area (Å²) in [5.41, 5.74) is 6.39. The van der Waals surface area contributed by atoms with Crippen LogP contribution in [0.5, 0.6) is 5.75 Å². The van der Waals surface area contributed by atoms with E-state index in [1.807, 2.05) is 0 Å². The summed E-state index contributed by atoms with van der Waals surface area (Å²) in [6.45, 7) is 0.795. The summed E-state index contributed by atoms with van der Waals surface area (Å²) in [4.78, 5) is 16.0. The largest absolute Gasteiger partial charge is 0.485 e. The van der Waals surface area contributed by atoms with Gasteiger partial charge in [0.05, 0.1) is 23.7 Å². The number of nitrogens with one attached hydrogen (secondary N) is 1. The molecule has 2 aromatic rings. The molecule has 146 valence electrons. The number of carbonyl (C=O) groups excluding carboxylic acids is 1. The molecule has 3 rings (SSSR count). The summed E-state index contributed by atoms with van der Waals surface area (Å²) in [5.74, 6) is -0.893. The van der Waals surface area contributed by atoms with E-state index in [2.05, 4.69) is 15.4 Å². The zero-order valence-corrected chi connectivity index (χ0v) is 15.4. The Bertz CT molecular complexity index is 946. The fraction of sp³-hybridized carbons (Fsp3) is 0.438. The third kappa shape index (κ3) is 4.80. The highest BCUT2D eigenvalue weighted by Gasteiger charge is 2.28. The number of alkyl halides is 1. The molecule has 0 radical (unpaired) electrons. The number of carbonyl (C=O) groups is 1. The van der Waals surface area contributed by atoms with Crippen molar-refractivity contribution in [1.29, 1.82) is 0 Å². The van der Waals surface area contributed by atoms with Crippen molar-refractivity contribution in [3.05, 3.63) is 30.2 Å². The normalized spacial score (nSPS) is 20.4.